The minimum atomic E-state index is -3.36. The highest BCUT2D eigenvalue weighted by Crippen LogP contribution is 2.29. The normalized spacial score (nSPS) is 23.7. The maximum Gasteiger partial charge on any atom is 0.281 e. The van der Waals surface area contributed by atoms with E-state index < -0.39 is 15.8 Å². The average molecular weight is 339 g/mol. The van der Waals surface area contributed by atoms with Gasteiger partial charge in [-0.3, -0.25) is 4.98 Å². The minimum Gasteiger partial charge on any atom is -0.389 e. The van der Waals surface area contributed by atoms with Gasteiger partial charge in [0.2, 0.25) is 0 Å². The smallest absolute Gasteiger partial charge is 0.281 e. The fraction of sp³-hybridized carbons (Fsp3) is 0.688. The van der Waals surface area contributed by atoms with Crippen molar-refractivity contribution in [3.8, 4) is 0 Å². The molecule has 1 aromatic rings. The van der Waals surface area contributed by atoms with Crippen molar-refractivity contribution < 1.29 is 13.5 Å². The third kappa shape index (κ3) is 3.91. The van der Waals surface area contributed by atoms with Crippen LogP contribution in [0.2, 0.25) is 0 Å². The zero-order chi connectivity index (χ0) is 16.3. The molecule has 1 aromatic heterocycles. The van der Waals surface area contributed by atoms with Crippen molar-refractivity contribution in [2.75, 3.05) is 26.2 Å². The van der Waals surface area contributed by atoms with Gasteiger partial charge in [-0.25, -0.2) is 0 Å². The summed E-state index contributed by atoms with van der Waals surface area (Å²) in [5.74, 6) is 0. The van der Waals surface area contributed by atoms with Gasteiger partial charge < -0.3 is 5.11 Å². The summed E-state index contributed by atoms with van der Waals surface area (Å²) < 4.78 is 28.5. The highest BCUT2D eigenvalue weighted by Gasteiger charge is 2.39. The van der Waals surface area contributed by atoms with Crippen molar-refractivity contribution in [3.05, 3.63) is 30.1 Å². The number of hydrogen-bond donors (Lipinski definition) is 1. The number of piperidine rings is 2. The summed E-state index contributed by atoms with van der Waals surface area (Å²) in [5.41, 5.74) is 0.213. The molecular weight excluding hydrogens is 314 g/mol. The number of nitrogens with zero attached hydrogens (tertiary/aromatic N) is 3. The molecule has 0 atom stereocenters. The van der Waals surface area contributed by atoms with Gasteiger partial charge in [-0.2, -0.15) is 17.0 Å². The second kappa shape index (κ2) is 6.84. The maximum atomic E-state index is 12.7. The molecule has 3 heterocycles. The molecule has 2 saturated heterocycles. The van der Waals surface area contributed by atoms with Crippen LogP contribution in [0.5, 0.6) is 0 Å². The summed E-state index contributed by atoms with van der Waals surface area (Å²) in [6, 6.07) is 3.80. The van der Waals surface area contributed by atoms with E-state index in [-0.39, 0.29) is 0 Å². The lowest BCUT2D eigenvalue weighted by Gasteiger charge is -2.40. The molecule has 1 N–H and O–H groups in total. The number of rotatable bonds is 4. The van der Waals surface area contributed by atoms with Crippen LogP contribution in [-0.4, -0.2) is 58.9 Å². The lowest BCUT2D eigenvalue weighted by molar-refractivity contribution is -0.00545. The Kier molecular flexibility index (Phi) is 5.01. The van der Waals surface area contributed by atoms with Crippen molar-refractivity contribution in [2.24, 2.45) is 0 Å². The molecular formula is C16H25N3O3S. The Balaban J connectivity index is 1.61. The third-order valence-corrected chi connectivity index (χ3v) is 6.94. The minimum absolute atomic E-state index is 0.389. The Morgan fingerprint density at radius 2 is 1.57 bits per heavy atom. The van der Waals surface area contributed by atoms with Crippen LogP contribution in [0.1, 0.15) is 37.7 Å². The molecule has 0 aliphatic carbocycles. The van der Waals surface area contributed by atoms with Gasteiger partial charge in [0, 0.05) is 45.0 Å². The molecule has 128 valence electrons. The highest BCUT2D eigenvalue weighted by atomic mass is 32.2. The van der Waals surface area contributed by atoms with E-state index in [4.69, 9.17) is 0 Å². The number of hydrogen-bond acceptors (Lipinski definition) is 4. The molecule has 2 aliphatic heterocycles. The van der Waals surface area contributed by atoms with E-state index >= 15 is 0 Å². The van der Waals surface area contributed by atoms with Crippen LogP contribution in [0.4, 0.5) is 0 Å². The number of aromatic nitrogens is 1. The average Bonchev–Trinajstić information content (AvgIpc) is 2.57. The van der Waals surface area contributed by atoms with E-state index in [1.54, 1.807) is 21.0 Å². The first kappa shape index (κ1) is 16.8. The first-order valence-corrected chi connectivity index (χ1v) is 9.76. The fourth-order valence-electron chi connectivity index (χ4n) is 3.45. The zero-order valence-electron chi connectivity index (χ0n) is 13.4. The summed E-state index contributed by atoms with van der Waals surface area (Å²) >= 11 is 0. The third-order valence-electron chi connectivity index (χ3n) is 4.90. The monoisotopic (exact) mass is 339 g/mol. The molecule has 23 heavy (non-hydrogen) atoms. The van der Waals surface area contributed by atoms with Gasteiger partial charge >= 0.3 is 0 Å². The van der Waals surface area contributed by atoms with Gasteiger partial charge in [-0.15, -0.1) is 0 Å². The van der Waals surface area contributed by atoms with Crippen LogP contribution >= 0.6 is 0 Å². The van der Waals surface area contributed by atoms with E-state index in [0.29, 0.717) is 45.4 Å². The van der Waals surface area contributed by atoms with E-state index in [1.165, 1.54) is 0 Å². The molecule has 2 aliphatic rings. The maximum absolute atomic E-state index is 12.7. The van der Waals surface area contributed by atoms with Gasteiger partial charge in [-0.1, -0.05) is 6.42 Å². The van der Waals surface area contributed by atoms with E-state index in [0.717, 1.165) is 24.8 Å². The second-order valence-electron chi connectivity index (χ2n) is 6.62. The zero-order valence-corrected chi connectivity index (χ0v) is 14.2. The van der Waals surface area contributed by atoms with Crippen molar-refractivity contribution in [3.63, 3.8) is 0 Å². The fourth-order valence-corrected chi connectivity index (χ4v) is 5.14. The van der Waals surface area contributed by atoms with Gasteiger partial charge in [-0.05, 0) is 43.4 Å². The first-order valence-electron chi connectivity index (χ1n) is 8.36. The lowest BCUT2D eigenvalue weighted by Crippen LogP contribution is -2.52. The number of aliphatic hydroxyl groups is 1. The molecule has 0 amide bonds. The Hall–Kier alpha value is -1.02. The summed E-state index contributed by atoms with van der Waals surface area (Å²) in [4.78, 5) is 3.98. The van der Waals surface area contributed by atoms with Crippen LogP contribution in [0.3, 0.4) is 0 Å². The van der Waals surface area contributed by atoms with Crippen molar-refractivity contribution in [1.82, 2.24) is 13.6 Å². The molecule has 0 bridgehead atoms. The standard InChI is InChI=1S/C16H25N3O3S/c20-16(14-15-4-8-17-9-5-15)6-12-19(13-7-16)23(21,22)18-10-2-1-3-11-18/h4-5,8-9,20H,1-3,6-7,10-14H2. The second-order valence-corrected chi connectivity index (χ2v) is 8.55. The Bertz CT molecular complexity index is 607. The van der Waals surface area contributed by atoms with Crippen LogP contribution in [-0.2, 0) is 16.6 Å². The molecule has 0 radical (unpaired) electrons. The van der Waals surface area contributed by atoms with E-state index in [2.05, 4.69) is 4.98 Å². The summed E-state index contributed by atoms with van der Waals surface area (Å²) in [6.45, 7) is 2.03. The van der Waals surface area contributed by atoms with Crippen LogP contribution < -0.4 is 0 Å². The molecule has 0 spiro atoms. The van der Waals surface area contributed by atoms with E-state index in [9.17, 15) is 13.5 Å². The summed E-state index contributed by atoms with van der Waals surface area (Å²) in [7, 11) is -3.36. The Morgan fingerprint density at radius 1 is 1.00 bits per heavy atom. The van der Waals surface area contributed by atoms with Gasteiger partial charge in [0.05, 0.1) is 5.60 Å². The largest absolute Gasteiger partial charge is 0.389 e. The van der Waals surface area contributed by atoms with E-state index in [1.807, 2.05) is 12.1 Å². The van der Waals surface area contributed by atoms with Crippen LogP contribution in [0.25, 0.3) is 0 Å². The molecule has 2 fully saturated rings. The first-order chi connectivity index (χ1) is 11.0. The van der Waals surface area contributed by atoms with Crippen molar-refractivity contribution >= 4 is 10.2 Å². The topological polar surface area (TPSA) is 73.7 Å². The summed E-state index contributed by atoms with van der Waals surface area (Å²) in [5, 5.41) is 10.8. The quantitative estimate of drug-likeness (QED) is 0.894. The van der Waals surface area contributed by atoms with Crippen LogP contribution in [0, 0.1) is 0 Å². The lowest BCUT2D eigenvalue weighted by atomic mass is 9.86. The molecule has 0 aromatic carbocycles. The Labute approximate surface area is 138 Å². The molecule has 7 heteroatoms. The summed E-state index contributed by atoms with van der Waals surface area (Å²) in [6.07, 6.45) is 7.93. The van der Waals surface area contributed by atoms with Gasteiger partial charge in [0.25, 0.3) is 10.2 Å². The predicted octanol–water partition coefficient (Wildman–Crippen LogP) is 1.18. The van der Waals surface area contributed by atoms with Gasteiger partial charge in [0.1, 0.15) is 0 Å². The molecule has 6 nitrogen and oxygen atoms in total. The van der Waals surface area contributed by atoms with Crippen LogP contribution in [0.15, 0.2) is 24.5 Å². The van der Waals surface area contributed by atoms with Gasteiger partial charge in [0.15, 0.2) is 0 Å². The highest BCUT2D eigenvalue weighted by molar-refractivity contribution is 7.86. The number of pyridine rings is 1. The van der Waals surface area contributed by atoms with Crippen molar-refractivity contribution in [2.45, 2.75) is 44.1 Å². The molecule has 0 saturated carbocycles. The predicted molar refractivity (Wildman–Crippen MR) is 88.0 cm³/mol. The molecule has 3 rings (SSSR count). The Morgan fingerprint density at radius 3 is 2.17 bits per heavy atom. The molecule has 0 unspecified atom stereocenters. The SMILES string of the molecule is O=S(=O)(N1CCCCC1)N1CCC(O)(Cc2ccncc2)CC1. The van der Waals surface area contributed by atoms with Crippen molar-refractivity contribution in [1.29, 1.82) is 0 Å².